The third-order valence-corrected chi connectivity index (χ3v) is 4.24. The molecule has 0 unspecified atom stereocenters. The number of carbonyl (C=O) groups excluding carboxylic acids is 2. The van der Waals surface area contributed by atoms with E-state index in [9.17, 15) is 14.7 Å². The lowest BCUT2D eigenvalue weighted by Gasteiger charge is -2.26. The molecule has 0 spiro atoms. The molecule has 1 aromatic rings. The highest BCUT2D eigenvalue weighted by atomic mass is 16.3. The Kier molecular flexibility index (Phi) is 5.55. The molecule has 120 valence electrons. The zero-order valence-electron chi connectivity index (χ0n) is 13.2. The van der Waals surface area contributed by atoms with Gasteiger partial charge in [0.25, 0.3) is 5.91 Å². The molecule has 3 N–H and O–H groups in total. The van der Waals surface area contributed by atoms with Gasteiger partial charge in [0.05, 0.1) is 12.6 Å². The Labute approximate surface area is 131 Å². The quantitative estimate of drug-likeness (QED) is 0.788. The van der Waals surface area contributed by atoms with E-state index in [0.29, 0.717) is 5.56 Å². The highest BCUT2D eigenvalue weighted by Crippen LogP contribution is 2.18. The van der Waals surface area contributed by atoms with Crippen LogP contribution >= 0.6 is 0 Å². The molecule has 5 heteroatoms. The van der Waals surface area contributed by atoms with Gasteiger partial charge in [-0.1, -0.05) is 6.07 Å². The maximum atomic E-state index is 12.0. The Morgan fingerprint density at radius 2 is 1.82 bits per heavy atom. The second kappa shape index (κ2) is 7.40. The van der Waals surface area contributed by atoms with E-state index in [-0.39, 0.29) is 30.5 Å². The lowest BCUT2D eigenvalue weighted by atomic mass is 9.93. The number of carbonyl (C=O) groups is 2. The average Bonchev–Trinajstić information content (AvgIpc) is 2.50. The molecular weight excluding hydrogens is 280 g/mol. The first kappa shape index (κ1) is 16.5. The van der Waals surface area contributed by atoms with Crippen molar-refractivity contribution >= 4 is 11.8 Å². The summed E-state index contributed by atoms with van der Waals surface area (Å²) < 4.78 is 0. The van der Waals surface area contributed by atoms with Gasteiger partial charge in [-0.2, -0.15) is 0 Å². The van der Waals surface area contributed by atoms with Crippen LogP contribution in [0.25, 0.3) is 0 Å². The molecule has 0 bridgehead atoms. The standard InChI is InChI=1S/C17H24N2O3/c1-11-3-4-13(9-12(11)2)17(22)18-10-16(21)19-14-5-7-15(20)8-6-14/h3-4,9,14-15,20H,5-8,10H2,1-2H3,(H,18,22)(H,19,21). The van der Waals surface area contributed by atoms with Crippen molar-refractivity contribution in [2.24, 2.45) is 0 Å². The number of nitrogens with one attached hydrogen (secondary N) is 2. The molecule has 1 aromatic carbocycles. The summed E-state index contributed by atoms with van der Waals surface area (Å²) in [4.78, 5) is 23.9. The molecule has 22 heavy (non-hydrogen) atoms. The Morgan fingerprint density at radius 3 is 2.45 bits per heavy atom. The highest BCUT2D eigenvalue weighted by Gasteiger charge is 2.20. The van der Waals surface area contributed by atoms with Crippen molar-refractivity contribution in [1.82, 2.24) is 10.6 Å². The first-order valence-corrected chi connectivity index (χ1v) is 7.78. The largest absolute Gasteiger partial charge is 0.393 e. The van der Waals surface area contributed by atoms with Crippen LogP contribution in [0.1, 0.15) is 47.2 Å². The molecule has 5 nitrogen and oxygen atoms in total. The fourth-order valence-electron chi connectivity index (χ4n) is 2.64. The molecule has 2 amide bonds. The fraction of sp³-hybridized carbons (Fsp3) is 0.529. The molecule has 0 saturated heterocycles. The lowest BCUT2D eigenvalue weighted by molar-refractivity contribution is -0.121. The SMILES string of the molecule is Cc1ccc(C(=O)NCC(=O)NC2CCC(O)CC2)cc1C. The van der Waals surface area contributed by atoms with E-state index >= 15 is 0 Å². The van der Waals surface area contributed by atoms with E-state index in [1.165, 1.54) is 0 Å². The molecular formula is C17H24N2O3. The van der Waals surface area contributed by atoms with Crippen molar-refractivity contribution in [1.29, 1.82) is 0 Å². The summed E-state index contributed by atoms with van der Waals surface area (Å²) in [7, 11) is 0. The second-order valence-electron chi connectivity index (χ2n) is 6.05. The molecule has 1 aliphatic rings. The minimum Gasteiger partial charge on any atom is -0.393 e. The van der Waals surface area contributed by atoms with Crippen LogP contribution in [0, 0.1) is 13.8 Å². The maximum Gasteiger partial charge on any atom is 0.251 e. The van der Waals surface area contributed by atoms with Crippen LogP contribution in [0.15, 0.2) is 18.2 Å². The van der Waals surface area contributed by atoms with Crippen molar-refractivity contribution in [2.45, 2.75) is 51.7 Å². The first-order chi connectivity index (χ1) is 10.5. The van der Waals surface area contributed by atoms with Crippen LogP contribution in [0.3, 0.4) is 0 Å². The number of hydrogen-bond donors (Lipinski definition) is 3. The van der Waals surface area contributed by atoms with Crippen LogP contribution in [-0.2, 0) is 4.79 Å². The summed E-state index contributed by atoms with van der Waals surface area (Å²) in [5.41, 5.74) is 2.75. The van der Waals surface area contributed by atoms with Crippen LogP contribution in [0.2, 0.25) is 0 Å². The van der Waals surface area contributed by atoms with Gasteiger partial charge in [-0.05, 0) is 62.8 Å². The van der Waals surface area contributed by atoms with Gasteiger partial charge in [0, 0.05) is 11.6 Å². The van der Waals surface area contributed by atoms with Gasteiger partial charge in [-0.3, -0.25) is 9.59 Å². The molecule has 1 aliphatic carbocycles. The van der Waals surface area contributed by atoms with E-state index in [1.54, 1.807) is 6.07 Å². The minimum absolute atomic E-state index is 0.0230. The fourth-order valence-corrected chi connectivity index (χ4v) is 2.64. The number of benzene rings is 1. The van der Waals surface area contributed by atoms with Gasteiger partial charge < -0.3 is 15.7 Å². The topological polar surface area (TPSA) is 78.4 Å². The van der Waals surface area contributed by atoms with Crippen LogP contribution in [-0.4, -0.2) is 35.6 Å². The highest BCUT2D eigenvalue weighted by molar-refractivity contribution is 5.96. The zero-order chi connectivity index (χ0) is 16.1. The molecule has 0 atom stereocenters. The molecule has 0 radical (unpaired) electrons. The Bertz CT molecular complexity index is 549. The number of aliphatic hydroxyl groups excluding tert-OH is 1. The third kappa shape index (κ3) is 4.56. The van der Waals surface area contributed by atoms with Crippen molar-refractivity contribution in [2.75, 3.05) is 6.54 Å². The summed E-state index contributed by atoms with van der Waals surface area (Å²) in [6.45, 7) is 3.92. The number of aliphatic hydroxyl groups is 1. The summed E-state index contributed by atoms with van der Waals surface area (Å²) >= 11 is 0. The van der Waals surface area contributed by atoms with Crippen LogP contribution in [0.4, 0.5) is 0 Å². The minimum atomic E-state index is -0.239. The number of rotatable bonds is 4. The predicted molar refractivity (Wildman–Crippen MR) is 84.7 cm³/mol. The number of hydrogen-bond acceptors (Lipinski definition) is 3. The maximum absolute atomic E-state index is 12.0. The number of amides is 2. The zero-order valence-corrected chi connectivity index (χ0v) is 13.2. The van der Waals surface area contributed by atoms with E-state index in [2.05, 4.69) is 10.6 Å². The van der Waals surface area contributed by atoms with E-state index in [1.807, 2.05) is 26.0 Å². The summed E-state index contributed by atoms with van der Waals surface area (Å²) in [5, 5.41) is 15.0. The first-order valence-electron chi connectivity index (χ1n) is 7.78. The summed E-state index contributed by atoms with van der Waals surface area (Å²) in [6, 6.07) is 5.59. The van der Waals surface area contributed by atoms with Crippen molar-refractivity contribution in [3.8, 4) is 0 Å². The number of aryl methyl sites for hydroxylation is 2. The average molecular weight is 304 g/mol. The normalized spacial score (nSPS) is 21.2. The van der Waals surface area contributed by atoms with E-state index in [4.69, 9.17) is 0 Å². The molecule has 1 fully saturated rings. The predicted octanol–water partition coefficient (Wildman–Crippen LogP) is 1.45. The van der Waals surface area contributed by atoms with Crippen LogP contribution in [0.5, 0.6) is 0 Å². The van der Waals surface area contributed by atoms with Crippen LogP contribution < -0.4 is 10.6 Å². The molecule has 2 rings (SSSR count). The third-order valence-electron chi connectivity index (χ3n) is 4.24. The molecule has 0 aromatic heterocycles. The van der Waals surface area contributed by atoms with Gasteiger partial charge in [0.15, 0.2) is 0 Å². The Hall–Kier alpha value is -1.88. The van der Waals surface area contributed by atoms with Gasteiger partial charge in [-0.25, -0.2) is 0 Å². The molecule has 1 saturated carbocycles. The van der Waals surface area contributed by atoms with Crippen molar-refractivity contribution in [3.63, 3.8) is 0 Å². The Balaban J connectivity index is 1.78. The summed E-state index contributed by atoms with van der Waals surface area (Å²) in [5.74, 6) is -0.420. The van der Waals surface area contributed by atoms with Crippen molar-refractivity contribution in [3.05, 3.63) is 34.9 Å². The van der Waals surface area contributed by atoms with Gasteiger partial charge >= 0.3 is 0 Å². The van der Waals surface area contributed by atoms with E-state index < -0.39 is 0 Å². The Morgan fingerprint density at radius 1 is 1.14 bits per heavy atom. The second-order valence-corrected chi connectivity index (χ2v) is 6.05. The van der Waals surface area contributed by atoms with Gasteiger partial charge in [-0.15, -0.1) is 0 Å². The molecule has 0 aliphatic heterocycles. The monoisotopic (exact) mass is 304 g/mol. The van der Waals surface area contributed by atoms with E-state index in [0.717, 1.165) is 36.8 Å². The lowest BCUT2D eigenvalue weighted by Crippen LogP contribution is -2.43. The summed E-state index contributed by atoms with van der Waals surface area (Å²) in [6.07, 6.45) is 2.79. The molecule has 0 heterocycles. The van der Waals surface area contributed by atoms with Gasteiger partial charge in [0.2, 0.25) is 5.91 Å². The smallest absolute Gasteiger partial charge is 0.251 e. The van der Waals surface area contributed by atoms with Crippen molar-refractivity contribution < 1.29 is 14.7 Å². The van der Waals surface area contributed by atoms with Gasteiger partial charge in [0.1, 0.15) is 0 Å².